The highest BCUT2D eigenvalue weighted by atomic mass is 16.3. The lowest BCUT2D eigenvalue weighted by Gasteiger charge is -2.25. The summed E-state index contributed by atoms with van der Waals surface area (Å²) < 4.78 is 0. The maximum Gasteiger partial charge on any atom is 0.124 e. The average Bonchev–Trinajstić information content (AvgIpc) is 3.06. The van der Waals surface area contributed by atoms with E-state index in [1.54, 1.807) is 24.3 Å². The molecule has 0 aliphatic heterocycles. The van der Waals surface area contributed by atoms with E-state index in [4.69, 9.17) is 0 Å². The summed E-state index contributed by atoms with van der Waals surface area (Å²) in [4.78, 5) is 0. The lowest BCUT2D eigenvalue weighted by Crippen LogP contribution is -2.08. The van der Waals surface area contributed by atoms with E-state index in [2.05, 4.69) is 12.1 Å². The normalized spacial score (nSPS) is 14.0. The van der Waals surface area contributed by atoms with Crippen LogP contribution < -0.4 is 0 Å². The minimum atomic E-state index is 0.172. The van der Waals surface area contributed by atoms with E-state index in [0.717, 1.165) is 58.4 Å². The van der Waals surface area contributed by atoms with Crippen LogP contribution in [0.15, 0.2) is 97.1 Å². The van der Waals surface area contributed by atoms with Gasteiger partial charge >= 0.3 is 0 Å². The van der Waals surface area contributed by atoms with Crippen molar-refractivity contribution in [3.63, 3.8) is 0 Å². The number of benzene rings is 6. The van der Waals surface area contributed by atoms with Gasteiger partial charge in [0.2, 0.25) is 0 Å². The number of phenols is 4. The molecule has 4 heteroatoms. The first-order valence-electron chi connectivity index (χ1n) is 15.6. The smallest absolute Gasteiger partial charge is 0.124 e. The molecular weight excluding hydrogens is 544 g/mol. The Bertz CT molecular complexity index is 1880. The Morgan fingerprint density at radius 1 is 0.341 bits per heavy atom. The second-order valence-electron chi connectivity index (χ2n) is 12.0. The zero-order valence-electron chi connectivity index (χ0n) is 24.7. The van der Waals surface area contributed by atoms with Gasteiger partial charge in [0, 0.05) is 22.3 Å². The molecule has 220 valence electrons. The van der Waals surface area contributed by atoms with Gasteiger partial charge in [-0.1, -0.05) is 72.8 Å². The van der Waals surface area contributed by atoms with Crippen molar-refractivity contribution in [1.29, 1.82) is 0 Å². The maximum absolute atomic E-state index is 10.5. The predicted octanol–water partition coefficient (Wildman–Crippen LogP) is 9.59. The topological polar surface area (TPSA) is 80.9 Å². The minimum absolute atomic E-state index is 0.172. The molecule has 0 radical (unpaired) electrons. The van der Waals surface area contributed by atoms with Gasteiger partial charge in [-0.05, 0) is 119 Å². The van der Waals surface area contributed by atoms with E-state index >= 15 is 0 Å². The van der Waals surface area contributed by atoms with E-state index in [1.807, 2.05) is 60.7 Å². The third kappa shape index (κ3) is 4.90. The molecule has 0 atom stereocenters. The fourth-order valence-corrected chi connectivity index (χ4v) is 7.23. The Kier molecular flexibility index (Phi) is 7.35. The molecule has 6 aromatic carbocycles. The van der Waals surface area contributed by atoms with Crippen LogP contribution in [0.4, 0.5) is 0 Å². The van der Waals surface area contributed by atoms with Crippen LogP contribution in [-0.2, 0) is 25.7 Å². The lowest BCUT2D eigenvalue weighted by molar-refractivity contribution is 0.466. The molecule has 0 saturated carbocycles. The number of aryl methyl sites for hydroxylation is 2. The molecule has 0 heterocycles. The Labute approximate surface area is 257 Å². The van der Waals surface area contributed by atoms with Crippen LogP contribution in [0.3, 0.4) is 0 Å². The van der Waals surface area contributed by atoms with Crippen LogP contribution in [0.1, 0.15) is 47.9 Å². The van der Waals surface area contributed by atoms with Crippen molar-refractivity contribution in [2.24, 2.45) is 0 Å². The highest BCUT2D eigenvalue weighted by Gasteiger charge is 2.24. The van der Waals surface area contributed by atoms with Gasteiger partial charge in [0.05, 0.1) is 0 Å². The van der Waals surface area contributed by atoms with Gasteiger partial charge < -0.3 is 20.4 Å². The first-order valence-corrected chi connectivity index (χ1v) is 15.6. The quantitative estimate of drug-likeness (QED) is 0.164. The zero-order valence-corrected chi connectivity index (χ0v) is 24.7. The molecule has 0 unspecified atom stereocenters. The van der Waals surface area contributed by atoms with Crippen molar-refractivity contribution in [1.82, 2.24) is 0 Å². The summed E-state index contributed by atoms with van der Waals surface area (Å²) in [6.45, 7) is 0. The number of hydrogen-bond donors (Lipinski definition) is 4. The van der Waals surface area contributed by atoms with Gasteiger partial charge in [0.15, 0.2) is 0 Å². The Morgan fingerprint density at radius 3 is 1.16 bits per heavy atom. The first-order chi connectivity index (χ1) is 21.5. The molecule has 0 spiro atoms. The first kappa shape index (κ1) is 27.8. The van der Waals surface area contributed by atoms with E-state index in [-0.39, 0.29) is 11.5 Å². The predicted molar refractivity (Wildman–Crippen MR) is 179 cm³/mol. The molecule has 6 aromatic rings. The Hall–Kier alpha value is -4.96. The molecule has 0 amide bonds. The fraction of sp³-hybridized carbons (Fsp3) is 0.200. The van der Waals surface area contributed by atoms with Crippen molar-refractivity contribution >= 4 is 21.5 Å². The van der Waals surface area contributed by atoms with Gasteiger partial charge in [0.25, 0.3) is 0 Å². The Balaban J connectivity index is 0.000000142. The number of rotatable bonds is 2. The molecule has 2 aliphatic carbocycles. The zero-order chi connectivity index (χ0) is 30.2. The number of aromatic hydroxyl groups is 4. The standard InChI is InChI=1S/C20H22O2.C20H14O2/c2*21-17-11-9-13-5-1-3-7-15(13)19(17)20-16-8-4-2-6-14(16)10-12-18(20)22/h9-12,21-22H,1-8H2;1-12,21-22H. The third-order valence-corrected chi connectivity index (χ3v) is 9.34. The van der Waals surface area contributed by atoms with Crippen LogP contribution >= 0.6 is 0 Å². The molecule has 0 saturated heterocycles. The van der Waals surface area contributed by atoms with Crippen LogP contribution in [0, 0.1) is 0 Å². The Morgan fingerprint density at radius 2 is 0.705 bits per heavy atom. The molecule has 4 N–H and O–H groups in total. The third-order valence-electron chi connectivity index (χ3n) is 9.34. The maximum atomic E-state index is 10.5. The summed E-state index contributed by atoms with van der Waals surface area (Å²) in [6.07, 6.45) is 8.94. The lowest BCUT2D eigenvalue weighted by atomic mass is 9.80. The highest BCUT2D eigenvalue weighted by Crippen LogP contribution is 2.46. The van der Waals surface area contributed by atoms with E-state index in [1.165, 1.54) is 47.9 Å². The van der Waals surface area contributed by atoms with Gasteiger partial charge in [-0.3, -0.25) is 0 Å². The summed E-state index contributed by atoms with van der Waals surface area (Å²) in [7, 11) is 0. The van der Waals surface area contributed by atoms with Crippen molar-refractivity contribution in [3.8, 4) is 45.3 Å². The van der Waals surface area contributed by atoms with E-state index in [0.29, 0.717) is 22.6 Å². The SMILES string of the molecule is Oc1ccc2c(c1-c1c(O)ccc3c1CCCC3)CCCC2.Oc1ccc2ccccc2c1-c1c(O)ccc2ccccc12. The van der Waals surface area contributed by atoms with Crippen LogP contribution in [0.25, 0.3) is 43.8 Å². The van der Waals surface area contributed by atoms with Gasteiger partial charge in [0.1, 0.15) is 23.0 Å². The summed E-state index contributed by atoms with van der Waals surface area (Å²) in [5.41, 5.74) is 8.32. The van der Waals surface area contributed by atoms with Crippen LogP contribution in [-0.4, -0.2) is 20.4 Å². The number of phenolic OH excluding ortho intramolecular Hbond substituents is 4. The van der Waals surface area contributed by atoms with E-state index < -0.39 is 0 Å². The summed E-state index contributed by atoms with van der Waals surface area (Å²) >= 11 is 0. The van der Waals surface area contributed by atoms with Crippen molar-refractivity contribution in [2.75, 3.05) is 0 Å². The van der Waals surface area contributed by atoms with Crippen molar-refractivity contribution in [3.05, 3.63) is 119 Å². The van der Waals surface area contributed by atoms with E-state index in [9.17, 15) is 20.4 Å². The van der Waals surface area contributed by atoms with Crippen LogP contribution in [0.5, 0.6) is 23.0 Å². The fourth-order valence-electron chi connectivity index (χ4n) is 7.23. The van der Waals surface area contributed by atoms with Gasteiger partial charge in [-0.15, -0.1) is 0 Å². The molecule has 4 nitrogen and oxygen atoms in total. The second-order valence-corrected chi connectivity index (χ2v) is 12.0. The monoisotopic (exact) mass is 580 g/mol. The van der Waals surface area contributed by atoms with Crippen molar-refractivity contribution < 1.29 is 20.4 Å². The molecule has 0 aromatic heterocycles. The largest absolute Gasteiger partial charge is 0.507 e. The molecule has 0 fully saturated rings. The second kappa shape index (κ2) is 11.6. The molecule has 0 bridgehead atoms. The van der Waals surface area contributed by atoms with Crippen molar-refractivity contribution in [2.45, 2.75) is 51.4 Å². The van der Waals surface area contributed by atoms with Gasteiger partial charge in [-0.25, -0.2) is 0 Å². The number of fused-ring (bicyclic) bond motifs is 4. The number of hydrogen-bond acceptors (Lipinski definition) is 4. The summed E-state index contributed by atoms with van der Waals surface area (Å²) in [5.74, 6) is 0.973. The summed E-state index contributed by atoms with van der Waals surface area (Å²) in [5, 5.41) is 45.8. The minimum Gasteiger partial charge on any atom is -0.507 e. The van der Waals surface area contributed by atoms with Gasteiger partial charge in [-0.2, -0.15) is 0 Å². The highest BCUT2D eigenvalue weighted by molar-refractivity contribution is 6.09. The van der Waals surface area contributed by atoms with Crippen LogP contribution in [0.2, 0.25) is 0 Å². The molecule has 44 heavy (non-hydrogen) atoms. The average molecular weight is 581 g/mol. The summed E-state index contributed by atoms with van der Waals surface area (Å²) in [6, 6.07) is 30.6. The molecule has 2 aliphatic rings. The molecular formula is C40H36O4. The molecule has 8 rings (SSSR count).